The highest BCUT2D eigenvalue weighted by molar-refractivity contribution is 5.76. The number of hydrogen-bond donors (Lipinski definition) is 0. The van der Waals surface area contributed by atoms with Crippen LogP contribution in [0.3, 0.4) is 0 Å². The number of nitrogens with zero attached hydrogens (tertiary/aromatic N) is 3. The quantitative estimate of drug-likeness (QED) is 0.776. The van der Waals surface area contributed by atoms with E-state index in [1.165, 1.54) is 6.39 Å². The minimum absolute atomic E-state index is 0.226. The van der Waals surface area contributed by atoms with Gasteiger partial charge < -0.3 is 14.2 Å². The summed E-state index contributed by atoms with van der Waals surface area (Å²) in [6, 6.07) is 0. The number of hydrogen-bond acceptors (Lipinski definition) is 4. The molecule has 1 aromatic heterocycles. The first-order valence-corrected chi connectivity index (χ1v) is 6.16. The first-order valence-electron chi connectivity index (χ1n) is 6.16. The minimum atomic E-state index is 0.226. The second kappa shape index (κ2) is 5.82. The molecule has 1 fully saturated rings. The number of amides is 1. The van der Waals surface area contributed by atoms with Crippen LogP contribution in [0.4, 0.5) is 0 Å². The molecule has 0 N–H and O–H groups in total. The summed E-state index contributed by atoms with van der Waals surface area (Å²) in [6.07, 6.45) is 4.20. The van der Waals surface area contributed by atoms with Crippen LogP contribution in [0.25, 0.3) is 0 Å². The van der Waals surface area contributed by atoms with Gasteiger partial charge in [0.15, 0.2) is 6.39 Å². The van der Waals surface area contributed by atoms with Crippen molar-refractivity contribution in [3.8, 4) is 0 Å². The van der Waals surface area contributed by atoms with Gasteiger partial charge in [-0.3, -0.25) is 4.79 Å². The summed E-state index contributed by atoms with van der Waals surface area (Å²) in [5.74, 6) is 0.226. The molecule has 2 heterocycles. The molecule has 2 rings (SSSR count). The van der Waals surface area contributed by atoms with Crippen molar-refractivity contribution in [2.75, 3.05) is 32.7 Å². The molecule has 0 unspecified atom stereocenters. The molecule has 1 aromatic rings. The molecule has 94 valence electrons. The van der Waals surface area contributed by atoms with Gasteiger partial charge in [0.1, 0.15) is 6.26 Å². The van der Waals surface area contributed by atoms with E-state index in [1.807, 2.05) is 4.90 Å². The zero-order chi connectivity index (χ0) is 12.1. The molecule has 1 aliphatic heterocycles. The molecule has 1 aliphatic rings. The van der Waals surface area contributed by atoms with Crippen LogP contribution in [0.2, 0.25) is 0 Å². The highest BCUT2D eigenvalue weighted by Gasteiger charge is 2.19. The Labute approximate surface area is 101 Å². The number of likely N-dealkylation sites (N-methyl/N-ethyl adjacent to an activating group) is 1. The predicted molar refractivity (Wildman–Crippen MR) is 63.5 cm³/mol. The maximum Gasteiger partial charge on any atom is 0.223 e. The van der Waals surface area contributed by atoms with Crippen molar-refractivity contribution in [1.82, 2.24) is 14.8 Å². The molecule has 0 bridgehead atoms. The summed E-state index contributed by atoms with van der Waals surface area (Å²) in [4.78, 5) is 20.3. The summed E-state index contributed by atoms with van der Waals surface area (Å²) in [5.41, 5.74) is 0.852. The molecule has 0 spiro atoms. The molecule has 0 atom stereocenters. The smallest absolute Gasteiger partial charge is 0.223 e. The van der Waals surface area contributed by atoms with E-state index < -0.39 is 0 Å². The van der Waals surface area contributed by atoms with Crippen LogP contribution in [0.1, 0.15) is 19.0 Å². The third kappa shape index (κ3) is 3.30. The standard InChI is InChI=1S/C12H19N3O2/c1-2-14-5-7-15(8-6-14)12(16)4-3-11-9-17-10-13-11/h9-10H,2-8H2,1H3. The molecule has 0 radical (unpaired) electrons. The van der Waals surface area contributed by atoms with Crippen LogP contribution in [0.5, 0.6) is 0 Å². The fourth-order valence-electron chi connectivity index (χ4n) is 2.07. The largest absolute Gasteiger partial charge is 0.451 e. The lowest BCUT2D eigenvalue weighted by Crippen LogP contribution is -2.48. The van der Waals surface area contributed by atoms with Gasteiger partial charge in [0.05, 0.1) is 5.69 Å². The summed E-state index contributed by atoms with van der Waals surface area (Å²) < 4.78 is 4.88. The second-order valence-electron chi connectivity index (χ2n) is 4.29. The Hall–Kier alpha value is -1.36. The van der Waals surface area contributed by atoms with Crippen molar-refractivity contribution in [2.45, 2.75) is 19.8 Å². The summed E-state index contributed by atoms with van der Waals surface area (Å²) in [7, 11) is 0. The van der Waals surface area contributed by atoms with E-state index in [2.05, 4.69) is 16.8 Å². The van der Waals surface area contributed by atoms with Crippen LogP contribution < -0.4 is 0 Å². The number of aromatic nitrogens is 1. The molecule has 17 heavy (non-hydrogen) atoms. The summed E-state index contributed by atoms with van der Waals surface area (Å²) in [6.45, 7) is 6.92. The molecule has 0 saturated carbocycles. The lowest BCUT2D eigenvalue weighted by molar-refractivity contribution is -0.132. The van der Waals surface area contributed by atoms with Crippen molar-refractivity contribution in [3.05, 3.63) is 18.4 Å². The van der Waals surface area contributed by atoms with E-state index in [9.17, 15) is 4.79 Å². The summed E-state index contributed by atoms with van der Waals surface area (Å²) in [5, 5.41) is 0. The van der Waals surface area contributed by atoms with Crippen molar-refractivity contribution < 1.29 is 9.21 Å². The third-order valence-electron chi connectivity index (χ3n) is 3.25. The van der Waals surface area contributed by atoms with Gasteiger partial charge in [0, 0.05) is 39.0 Å². The van der Waals surface area contributed by atoms with Gasteiger partial charge in [-0.15, -0.1) is 0 Å². The fraction of sp³-hybridized carbons (Fsp3) is 0.667. The molecule has 5 heteroatoms. The van der Waals surface area contributed by atoms with Crippen LogP contribution in [0.15, 0.2) is 17.1 Å². The Morgan fingerprint density at radius 3 is 2.76 bits per heavy atom. The summed E-state index contributed by atoms with van der Waals surface area (Å²) >= 11 is 0. The van der Waals surface area contributed by atoms with Crippen LogP contribution in [0, 0.1) is 0 Å². The maximum absolute atomic E-state index is 11.9. The van der Waals surface area contributed by atoms with Gasteiger partial charge >= 0.3 is 0 Å². The number of carbonyl (C=O) groups excluding carboxylic acids is 1. The lowest BCUT2D eigenvalue weighted by atomic mass is 10.2. The first-order chi connectivity index (χ1) is 8.29. The normalized spacial score (nSPS) is 17.4. The van der Waals surface area contributed by atoms with Gasteiger partial charge in [-0.25, -0.2) is 4.98 Å². The van der Waals surface area contributed by atoms with E-state index in [0.29, 0.717) is 12.8 Å². The molecule has 1 saturated heterocycles. The predicted octanol–water partition coefficient (Wildman–Crippen LogP) is 0.771. The van der Waals surface area contributed by atoms with Crippen molar-refractivity contribution in [3.63, 3.8) is 0 Å². The Kier molecular flexibility index (Phi) is 4.14. The van der Waals surface area contributed by atoms with Gasteiger partial charge in [-0.05, 0) is 6.54 Å². The topological polar surface area (TPSA) is 49.6 Å². The first kappa shape index (κ1) is 12.1. The van der Waals surface area contributed by atoms with Gasteiger partial charge in [0.2, 0.25) is 5.91 Å². The van der Waals surface area contributed by atoms with E-state index in [-0.39, 0.29) is 5.91 Å². The highest BCUT2D eigenvalue weighted by Crippen LogP contribution is 2.06. The van der Waals surface area contributed by atoms with Crippen molar-refractivity contribution in [1.29, 1.82) is 0 Å². The van der Waals surface area contributed by atoms with Crippen molar-refractivity contribution in [2.24, 2.45) is 0 Å². The Morgan fingerprint density at radius 2 is 2.18 bits per heavy atom. The average molecular weight is 237 g/mol. The average Bonchev–Trinajstić information content (AvgIpc) is 2.89. The van der Waals surface area contributed by atoms with E-state index >= 15 is 0 Å². The molecular formula is C12H19N3O2. The zero-order valence-corrected chi connectivity index (χ0v) is 10.3. The van der Waals surface area contributed by atoms with E-state index in [0.717, 1.165) is 38.4 Å². The molecule has 5 nitrogen and oxygen atoms in total. The van der Waals surface area contributed by atoms with Gasteiger partial charge in [0.25, 0.3) is 0 Å². The lowest BCUT2D eigenvalue weighted by Gasteiger charge is -2.34. The third-order valence-corrected chi connectivity index (χ3v) is 3.25. The highest BCUT2D eigenvalue weighted by atomic mass is 16.3. The van der Waals surface area contributed by atoms with E-state index in [4.69, 9.17) is 4.42 Å². The SMILES string of the molecule is CCN1CCN(C(=O)CCc2cocn2)CC1. The van der Waals surface area contributed by atoms with Crippen LogP contribution in [-0.2, 0) is 11.2 Å². The second-order valence-corrected chi connectivity index (χ2v) is 4.29. The molecular weight excluding hydrogens is 218 g/mol. The number of piperazine rings is 1. The number of rotatable bonds is 4. The Morgan fingerprint density at radius 1 is 1.41 bits per heavy atom. The minimum Gasteiger partial charge on any atom is -0.451 e. The monoisotopic (exact) mass is 237 g/mol. The number of carbonyl (C=O) groups is 1. The maximum atomic E-state index is 11.9. The number of aryl methyl sites for hydroxylation is 1. The van der Waals surface area contributed by atoms with Gasteiger partial charge in [-0.1, -0.05) is 6.92 Å². The molecule has 0 aliphatic carbocycles. The van der Waals surface area contributed by atoms with Crippen molar-refractivity contribution >= 4 is 5.91 Å². The number of oxazole rings is 1. The van der Waals surface area contributed by atoms with Crippen LogP contribution in [-0.4, -0.2) is 53.4 Å². The van der Waals surface area contributed by atoms with Crippen LogP contribution >= 0.6 is 0 Å². The molecule has 1 amide bonds. The fourth-order valence-corrected chi connectivity index (χ4v) is 2.07. The Balaban J connectivity index is 1.73. The zero-order valence-electron chi connectivity index (χ0n) is 10.3. The van der Waals surface area contributed by atoms with E-state index in [1.54, 1.807) is 6.26 Å². The Bertz CT molecular complexity index is 343. The molecule has 0 aromatic carbocycles. The van der Waals surface area contributed by atoms with Gasteiger partial charge in [-0.2, -0.15) is 0 Å².